The molecule has 3 aromatic rings. The van der Waals surface area contributed by atoms with Gasteiger partial charge in [-0.2, -0.15) is 4.98 Å². The first kappa shape index (κ1) is 35.0. The molecule has 254 valence electrons. The number of benzene rings is 2. The Kier molecular flexibility index (Phi) is 11.8. The summed E-state index contributed by atoms with van der Waals surface area (Å²) < 4.78 is 11.0. The number of aromatic nitrogens is 2. The average molecular weight is 693 g/mol. The Morgan fingerprint density at radius 2 is 1.75 bits per heavy atom. The van der Waals surface area contributed by atoms with Gasteiger partial charge in [-0.05, 0) is 18.6 Å². The maximum absolute atomic E-state index is 13.9. The van der Waals surface area contributed by atoms with Crippen LogP contribution in [0.2, 0.25) is 0 Å². The second-order valence-electron chi connectivity index (χ2n) is 11.4. The molecule has 14 heteroatoms. The summed E-state index contributed by atoms with van der Waals surface area (Å²) in [6.07, 6.45) is 4.25. The second-order valence-corrected chi connectivity index (χ2v) is 13.4. The highest BCUT2D eigenvalue weighted by Crippen LogP contribution is 2.36. The number of fused-ring (bicyclic) bond motifs is 1. The van der Waals surface area contributed by atoms with Crippen LogP contribution in [0.25, 0.3) is 10.9 Å². The van der Waals surface area contributed by atoms with Gasteiger partial charge in [-0.15, -0.1) is 11.8 Å². The van der Waals surface area contributed by atoms with Crippen LogP contribution in [-0.2, 0) is 14.4 Å². The van der Waals surface area contributed by atoms with E-state index in [9.17, 15) is 19.2 Å². The van der Waals surface area contributed by atoms with Gasteiger partial charge < -0.3 is 29.5 Å². The Hall–Kier alpha value is -4.30. The standard InChI is InChI=1S/C34H40N6O6S2/c1-5-6-12-29(41)38-13-15-39(16-14-38)34-35-25-18-28(46-4)27(45-3)17-24(25)30(37-34)36-31(42)26-20-47-21-40(26)32(43)22(2)19-48-33(44)23-10-8-7-9-11-23/h6-12,17-18,22,26H,5,13-16,19-21H2,1-4H3,(H,35,36,37,42). The number of allylic oxidation sites excluding steroid dienone is 1. The first-order chi connectivity index (χ1) is 23.2. The molecule has 2 aliphatic rings. The van der Waals surface area contributed by atoms with E-state index in [0.717, 1.165) is 18.2 Å². The first-order valence-electron chi connectivity index (χ1n) is 15.8. The van der Waals surface area contributed by atoms with Crippen LogP contribution < -0.4 is 19.7 Å². The Morgan fingerprint density at radius 1 is 1.04 bits per heavy atom. The van der Waals surface area contributed by atoms with E-state index in [1.54, 1.807) is 59.2 Å². The summed E-state index contributed by atoms with van der Waals surface area (Å²) in [4.78, 5) is 67.5. The van der Waals surface area contributed by atoms with Gasteiger partial charge in [0.1, 0.15) is 11.9 Å². The van der Waals surface area contributed by atoms with Crippen LogP contribution in [0.5, 0.6) is 11.5 Å². The second kappa shape index (κ2) is 16.2. The van der Waals surface area contributed by atoms with Crippen molar-refractivity contribution >= 4 is 69.0 Å². The number of hydrogen-bond donors (Lipinski definition) is 1. The number of carbonyl (C=O) groups is 4. The fourth-order valence-electron chi connectivity index (χ4n) is 5.42. The number of piperazine rings is 1. The number of amides is 3. The number of rotatable bonds is 11. The zero-order chi connectivity index (χ0) is 34.2. The van der Waals surface area contributed by atoms with Gasteiger partial charge in [0.05, 0.1) is 25.6 Å². The molecule has 2 saturated heterocycles. The van der Waals surface area contributed by atoms with Crippen LogP contribution in [0.1, 0.15) is 30.6 Å². The molecule has 2 atom stereocenters. The molecule has 3 amide bonds. The molecular formula is C34H40N6O6S2. The van der Waals surface area contributed by atoms with Crippen LogP contribution in [0.4, 0.5) is 11.8 Å². The highest BCUT2D eigenvalue weighted by Gasteiger charge is 2.37. The van der Waals surface area contributed by atoms with E-state index in [-0.39, 0.29) is 28.7 Å². The molecule has 2 fully saturated rings. The summed E-state index contributed by atoms with van der Waals surface area (Å²) in [5, 5.41) is 3.44. The molecule has 0 aliphatic carbocycles. The molecule has 1 N–H and O–H groups in total. The number of carbonyl (C=O) groups excluding carboxylic acids is 4. The summed E-state index contributed by atoms with van der Waals surface area (Å²) in [5.74, 6) is 1.67. The van der Waals surface area contributed by atoms with E-state index >= 15 is 0 Å². The van der Waals surface area contributed by atoms with Crippen LogP contribution in [0, 0.1) is 5.92 Å². The monoisotopic (exact) mass is 692 g/mol. The predicted octanol–water partition coefficient (Wildman–Crippen LogP) is 4.31. The lowest BCUT2D eigenvalue weighted by Crippen LogP contribution is -2.49. The fraction of sp³-hybridized carbons (Fsp3) is 0.412. The van der Waals surface area contributed by atoms with Crippen molar-refractivity contribution in [3.05, 3.63) is 60.2 Å². The third kappa shape index (κ3) is 8.04. The van der Waals surface area contributed by atoms with Gasteiger partial charge >= 0.3 is 0 Å². The Labute approximate surface area is 288 Å². The fourth-order valence-corrected chi connectivity index (χ4v) is 7.43. The summed E-state index contributed by atoms with van der Waals surface area (Å²) in [6.45, 7) is 5.81. The molecule has 2 aromatic carbocycles. The van der Waals surface area contributed by atoms with Crippen LogP contribution in [0.15, 0.2) is 54.6 Å². The molecule has 0 saturated carbocycles. The highest BCUT2D eigenvalue weighted by molar-refractivity contribution is 8.14. The number of thioether (sulfide) groups is 2. The minimum absolute atomic E-state index is 0.0232. The van der Waals surface area contributed by atoms with Crippen molar-refractivity contribution in [3.8, 4) is 11.5 Å². The van der Waals surface area contributed by atoms with Gasteiger partial charge in [0.2, 0.25) is 28.8 Å². The van der Waals surface area contributed by atoms with Crippen molar-refractivity contribution in [2.24, 2.45) is 5.92 Å². The highest BCUT2D eigenvalue weighted by atomic mass is 32.2. The molecule has 2 unspecified atom stereocenters. The van der Waals surface area contributed by atoms with Crippen molar-refractivity contribution in [2.75, 3.05) is 68.0 Å². The van der Waals surface area contributed by atoms with E-state index < -0.39 is 12.0 Å². The van der Waals surface area contributed by atoms with E-state index in [1.807, 2.05) is 24.0 Å². The Bertz CT molecular complexity index is 1680. The van der Waals surface area contributed by atoms with Gasteiger partial charge in [0.25, 0.3) is 0 Å². The molecule has 5 rings (SSSR count). The Morgan fingerprint density at radius 3 is 2.44 bits per heavy atom. The van der Waals surface area contributed by atoms with E-state index in [2.05, 4.69) is 5.32 Å². The first-order valence-corrected chi connectivity index (χ1v) is 17.9. The minimum atomic E-state index is -0.723. The predicted molar refractivity (Wildman–Crippen MR) is 190 cm³/mol. The lowest BCUT2D eigenvalue weighted by molar-refractivity contribution is -0.138. The molecule has 0 bridgehead atoms. The topological polar surface area (TPSA) is 134 Å². The molecule has 2 aliphatic heterocycles. The lowest BCUT2D eigenvalue weighted by atomic mass is 10.1. The summed E-state index contributed by atoms with van der Waals surface area (Å²) in [5.41, 5.74) is 1.13. The zero-order valence-corrected chi connectivity index (χ0v) is 29.1. The third-order valence-electron chi connectivity index (χ3n) is 8.16. The summed E-state index contributed by atoms with van der Waals surface area (Å²) >= 11 is 2.60. The number of ether oxygens (including phenoxy) is 2. The third-order valence-corrected chi connectivity index (χ3v) is 10.3. The number of anilines is 2. The molecule has 1 aromatic heterocycles. The maximum Gasteiger partial charge on any atom is 0.249 e. The molecule has 0 radical (unpaired) electrons. The summed E-state index contributed by atoms with van der Waals surface area (Å²) in [7, 11) is 3.07. The Balaban J connectivity index is 1.34. The average Bonchev–Trinajstić information content (AvgIpc) is 3.62. The van der Waals surface area contributed by atoms with Crippen LogP contribution in [0.3, 0.4) is 0 Å². The molecule has 12 nitrogen and oxygen atoms in total. The quantitative estimate of drug-likeness (QED) is 0.288. The van der Waals surface area contributed by atoms with Crippen LogP contribution >= 0.6 is 23.5 Å². The van der Waals surface area contributed by atoms with E-state index in [0.29, 0.717) is 77.5 Å². The van der Waals surface area contributed by atoms with E-state index in [4.69, 9.17) is 19.4 Å². The maximum atomic E-state index is 13.9. The molecule has 3 heterocycles. The van der Waals surface area contributed by atoms with Gasteiger partial charge in [-0.25, -0.2) is 4.98 Å². The largest absolute Gasteiger partial charge is 0.493 e. The van der Waals surface area contributed by atoms with Crippen molar-refractivity contribution in [2.45, 2.75) is 26.3 Å². The molecule has 0 spiro atoms. The summed E-state index contributed by atoms with van der Waals surface area (Å²) in [6, 6.07) is 11.7. The number of nitrogens with zero attached hydrogens (tertiary/aromatic N) is 5. The SMILES string of the molecule is CCC=CC(=O)N1CCN(c2nc(NC(=O)C3CSCN3C(=O)C(C)CSC(=O)c3ccccc3)c3cc(OC)c(OC)cc3n2)CC1. The molecular weight excluding hydrogens is 653 g/mol. The number of methoxy groups -OCH3 is 2. The van der Waals surface area contributed by atoms with Crippen molar-refractivity contribution in [3.63, 3.8) is 0 Å². The lowest BCUT2D eigenvalue weighted by Gasteiger charge is -2.34. The van der Waals surface area contributed by atoms with Crippen molar-refractivity contribution in [1.82, 2.24) is 19.8 Å². The molecule has 48 heavy (non-hydrogen) atoms. The smallest absolute Gasteiger partial charge is 0.249 e. The zero-order valence-electron chi connectivity index (χ0n) is 27.5. The van der Waals surface area contributed by atoms with Crippen molar-refractivity contribution in [1.29, 1.82) is 0 Å². The normalized spacial score (nSPS) is 17.1. The number of nitrogens with one attached hydrogen (secondary N) is 1. The minimum Gasteiger partial charge on any atom is -0.493 e. The number of hydrogen-bond acceptors (Lipinski definition) is 11. The van der Waals surface area contributed by atoms with Gasteiger partial charge in [-0.1, -0.05) is 62.0 Å². The van der Waals surface area contributed by atoms with E-state index in [1.165, 1.54) is 26.0 Å². The van der Waals surface area contributed by atoms with Gasteiger partial charge in [-0.3, -0.25) is 19.2 Å². The van der Waals surface area contributed by atoms with Crippen molar-refractivity contribution < 1.29 is 28.7 Å². The van der Waals surface area contributed by atoms with Gasteiger partial charge in [0.15, 0.2) is 11.5 Å². The van der Waals surface area contributed by atoms with Crippen LogP contribution in [-0.4, -0.2) is 106 Å². The van der Waals surface area contributed by atoms with Gasteiger partial charge in [0, 0.05) is 60.6 Å².